The standard InChI is InChI=1S/C17H17N5O3S/c1-10-6-7-22(12-4-5-13(25-3)18-8-12)17(24)15(10)16(23)19-9-14-21-20-11(2)26-14/h4-8H,9H2,1-3H3,(H,19,23). The number of hydrogen-bond donors (Lipinski definition) is 1. The maximum absolute atomic E-state index is 12.8. The molecule has 0 saturated heterocycles. The molecule has 0 fully saturated rings. The Labute approximate surface area is 153 Å². The lowest BCUT2D eigenvalue weighted by molar-refractivity contribution is 0.0948. The van der Waals surface area contributed by atoms with Crippen molar-refractivity contribution in [2.24, 2.45) is 0 Å². The number of amides is 1. The second-order valence-corrected chi connectivity index (χ2v) is 6.77. The molecule has 3 aromatic heterocycles. The Balaban J connectivity index is 1.88. The molecule has 0 aliphatic rings. The second-order valence-electron chi connectivity index (χ2n) is 5.51. The van der Waals surface area contributed by atoms with E-state index in [2.05, 4.69) is 20.5 Å². The van der Waals surface area contributed by atoms with E-state index in [0.29, 0.717) is 22.1 Å². The van der Waals surface area contributed by atoms with Crippen LogP contribution in [0.4, 0.5) is 0 Å². The van der Waals surface area contributed by atoms with Crippen molar-refractivity contribution in [1.82, 2.24) is 25.1 Å². The fraction of sp³-hybridized carbons (Fsp3) is 0.235. The first kappa shape index (κ1) is 17.7. The number of aryl methyl sites for hydroxylation is 2. The van der Waals surface area contributed by atoms with Gasteiger partial charge in [-0.3, -0.25) is 14.2 Å². The molecule has 8 nitrogen and oxygen atoms in total. The SMILES string of the molecule is COc1ccc(-n2ccc(C)c(C(=O)NCc3nnc(C)s3)c2=O)cn1. The van der Waals surface area contributed by atoms with Gasteiger partial charge in [0.1, 0.15) is 15.6 Å². The molecule has 134 valence electrons. The Bertz CT molecular complexity index is 994. The Hall–Kier alpha value is -3.07. The minimum absolute atomic E-state index is 0.0876. The van der Waals surface area contributed by atoms with E-state index < -0.39 is 11.5 Å². The third-order valence-corrected chi connectivity index (χ3v) is 4.54. The average Bonchev–Trinajstić information content (AvgIpc) is 3.06. The minimum atomic E-state index is -0.448. The van der Waals surface area contributed by atoms with E-state index in [9.17, 15) is 9.59 Å². The number of carbonyl (C=O) groups is 1. The second kappa shape index (κ2) is 7.44. The lowest BCUT2D eigenvalue weighted by atomic mass is 10.1. The highest BCUT2D eigenvalue weighted by atomic mass is 32.1. The van der Waals surface area contributed by atoms with Crippen molar-refractivity contribution in [2.75, 3.05) is 7.11 Å². The average molecular weight is 371 g/mol. The summed E-state index contributed by atoms with van der Waals surface area (Å²) < 4.78 is 6.40. The molecule has 0 saturated carbocycles. The first-order valence-corrected chi connectivity index (χ1v) is 8.61. The van der Waals surface area contributed by atoms with Gasteiger partial charge < -0.3 is 10.1 Å². The van der Waals surface area contributed by atoms with Crippen molar-refractivity contribution in [2.45, 2.75) is 20.4 Å². The number of rotatable bonds is 5. The fourth-order valence-electron chi connectivity index (χ4n) is 2.39. The van der Waals surface area contributed by atoms with Gasteiger partial charge in [-0.05, 0) is 31.5 Å². The van der Waals surface area contributed by atoms with Gasteiger partial charge in [0.05, 0.1) is 25.5 Å². The highest BCUT2D eigenvalue weighted by Crippen LogP contribution is 2.12. The van der Waals surface area contributed by atoms with Gasteiger partial charge in [-0.2, -0.15) is 0 Å². The van der Waals surface area contributed by atoms with Gasteiger partial charge in [-0.1, -0.05) is 11.3 Å². The number of ether oxygens (including phenoxy) is 1. The van der Waals surface area contributed by atoms with Crippen LogP contribution in [-0.2, 0) is 6.54 Å². The number of hydrogen-bond acceptors (Lipinski definition) is 7. The maximum Gasteiger partial charge on any atom is 0.268 e. The van der Waals surface area contributed by atoms with Crippen LogP contribution in [0.15, 0.2) is 35.4 Å². The predicted molar refractivity (Wildman–Crippen MR) is 96.9 cm³/mol. The summed E-state index contributed by atoms with van der Waals surface area (Å²) in [5, 5.41) is 12.1. The number of methoxy groups -OCH3 is 1. The Morgan fingerprint density at radius 2 is 2.08 bits per heavy atom. The number of pyridine rings is 2. The predicted octanol–water partition coefficient (Wildman–Crippen LogP) is 1.64. The fourth-order valence-corrected chi connectivity index (χ4v) is 3.04. The summed E-state index contributed by atoms with van der Waals surface area (Å²) in [5.41, 5.74) is 0.815. The van der Waals surface area contributed by atoms with Crippen LogP contribution in [0.1, 0.15) is 25.9 Å². The summed E-state index contributed by atoms with van der Waals surface area (Å²) in [6, 6.07) is 5.07. The van der Waals surface area contributed by atoms with E-state index in [1.807, 2.05) is 6.92 Å². The molecule has 0 atom stereocenters. The molecule has 0 aliphatic heterocycles. The monoisotopic (exact) mass is 371 g/mol. The summed E-state index contributed by atoms with van der Waals surface area (Å²) in [4.78, 5) is 29.5. The molecule has 3 heterocycles. The molecule has 0 unspecified atom stereocenters. The molecule has 3 aromatic rings. The normalized spacial score (nSPS) is 10.6. The van der Waals surface area contributed by atoms with Gasteiger partial charge >= 0.3 is 0 Å². The van der Waals surface area contributed by atoms with Crippen molar-refractivity contribution in [3.63, 3.8) is 0 Å². The topological polar surface area (TPSA) is 99.0 Å². The van der Waals surface area contributed by atoms with Gasteiger partial charge in [0.2, 0.25) is 5.88 Å². The van der Waals surface area contributed by atoms with Crippen LogP contribution in [0.3, 0.4) is 0 Å². The zero-order valence-corrected chi connectivity index (χ0v) is 15.3. The number of aromatic nitrogens is 4. The van der Waals surface area contributed by atoms with Gasteiger partial charge in [-0.15, -0.1) is 10.2 Å². The highest BCUT2D eigenvalue weighted by Gasteiger charge is 2.17. The zero-order valence-electron chi connectivity index (χ0n) is 14.5. The highest BCUT2D eigenvalue weighted by molar-refractivity contribution is 7.11. The van der Waals surface area contributed by atoms with Crippen molar-refractivity contribution < 1.29 is 9.53 Å². The van der Waals surface area contributed by atoms with E-state index in [0.717, 1.165) is 5.01 Å². The molecule has 0 aromatic carbocycles. The smallest absolute Gasteiger partial charge is 0.268 e. The first-order chi connectivity index (χ1) is 12.5. The van der Waals surface area contributed by atoms with E-state index in [4.69, 9.17) is 4.74 Å². The maximum atomic E-state index is 12.8. The summed E-state index contributed by atoms with van der Waals surface area (Å²) in [6.07, 6.45) is 3.13. The van der Waals surface area contributed by atoms with Crippen molar-refractivity contribution in [1.29, 1.82) is 0 Å². The first-order valence-electron chi connectivity index (χ1n) is 7.79. The van der Waals surface area contributed by atoms with Gasteiger partial charge in [0.15, 0.2) is 0 Å². The Kier molecular flexibility index (Phi) is 5.08. The summed E-state index contributed by atoms with van der Waals surface area (Å²) >= 11 is 1.40. The van der Waals surface area contributed by atoms with Crippen molar-refractivity contribution in [3.05, 3.63) is 62.1 Å². The van der Waals surface area contributed by atoms with Crippen molar-refractivity contribution in [3.8, 4) is 11.6 Å². The van der Waals surface area contributed by atoms with E-state index in [1.165, 1.54) is 29.2 Å². The van der Waals surface area contributed by atoms with Crippen LogP contribution in [0, 0.1) is 13.8 Å². The van der Waals surface area contributed by atoms with E-state index in [1.54, 1.807) is 31.3 Å². The van der Waals surface area contributed by atoms with Crippen LogP contribution < -0.4 is 15.6 Å². The summed E-state index contributed by atoms with van der Waals surface area (Å²) in [5.74, 6) is -0.00426. The largest absolute Gasteiger partial charge is 0.481 e. The van der Waals surface area contributed by atoms with E-state index in [-0.39, 0.29) is 12.1 Å². The summed E-state index contributed by atoms with van der Waals surface area (Å²) in [6.45, 7) is 3.79. The van der Waals surface area contributed by atoms with Crippen LogP contribution in [0.25, 0.3) is 5.69 Å². The van der Waals surface area contributed by atoms with Gasteiger partial charge in [0.25, 0.3) is 11.5 Å². The molecule has 0 bridgehead atoms. The molecule has 0 radical (unpaired) electrons. The minimum Gasteiger partial charge on any atom is -0.481 e. The molecule has 26 heavy (non-hydrogen) atoms. The number of carbonyl (C=O) groups excluding carboxylic acids is 1. The van der Waals surface area contributed by atoms with E-state index >= 15 is 0 Å². The van der Waals surface area contributed by atoms with Crippen molar-refractivity contribution >= 4 is 17.2 Å². The molecule has 0 aliphatic carbocycles. The third-order valence-electron chi connectivity index (χ3n) is 3.70. The Morgan fingerprint density at radius 3 is 2.69 bits per heavy atom. The molecule has 1 N–H and O–H groups in total. The lowest BCUT2D eigenvalue weighted by Crippen LogP contribution is -2.33. The lowest BCUT2D eigenvalue weighted by Gasteiger charge is -2.11. The molecule has 1 amide bonds. The van der Waals surface area contributed by atoms with Crippen LogP contribution in [0.2, 0.25) is 0 Å². The summed E-state index contributed by atoms with van der Waals surface area (Å²) in [7, 11) is 1.52. The molecular weight excluding hydrogens is 354 g/mol. The van der Waals surface area contributed by atoms with Gasteiger partial charge in [-0.25, -0.2) is 4.98 Å². The van der Waals surface area contributed by atoms with Crippen LogP contribution in [0.5, 0.6) is 5.88 Å². The quantitative estimate of drug-likeness (QED) is 0.732. The van der Waals surface area contributed by atoms with Gasteiger partial charge in [0, 0.05) is 12.3 Å². The number of nitrogens with zero attached hydrogens (tertiary/aromatic N) is 4. The zero-order chi connectivity index (χ0) is 18.7. The van der Waals surface area contributed by atoms with Crippen LogP contribution in [-0.4, -0.2) is 32.8 Å². The number of nitrogens with one attached hydrogen (secondary N) is 1. The third kappa shape index (κ3) is 3.62. The molecule has 0 spiro atoms. The van der Waals surface area contributed by atoms with Crippen LogP contribution >= 0.6 is 11.3 Å². The Morgan fingerprint density at radius 1 is 1.27 bits per heavy atom. The molecule has 9 heteroatoms. The molecule has 3 rings (SSSR count). The molecular formula is C17H17N5O3S.